The van der Waals surface area contributed by atoms with E-state index in [1.54, 1.807) is 12.1 Å². The van der Waals surface area contributed by atoms with Crippen molar-refractivity contribution in [3.8, 4) is 10.8 Å². The van der Waals surface area contributed by atoms with Crippen LogP contribution in [-0.4, -0.2) is 16.0 Å². The zero-order valence-electron chi connectivity index (χ0n) is 11.0. The van der Waals surface area contributed by atoms with Crippen molar-refractivity contribution in [1.29, 1.82) is 0 Å². The third kappa shape index (κ3) is 3.30. The number of thiophene rings is 1. The van der Waals surface area contributed by atoms with E-state index in [-0.39, 0.29) is 12.5 Å². The van der Waals surface area contributed by atoms with Crippen molar-refractivity contribution < 1.29 is 9.32 Å². The van der Waals surface area contributed by atoms with Crippen molar-refractivity contribution in [2.45, 2.75) is 6.54 Å². The smallest absolute Gasteiger partial charge is 0.268 e. The first kappa shape index (κ1) is 15.0. The number of hydrogen-bond acceptors (Lipinski definition) is 5. The van der Waals surface area contributed by atoms with Crippen molar-refractivity contribution in [1.82, 2.24) is 15.5 Å². The second kappa shape index (κ2) is 6.48. The number of amides is 1. The largest absolute Gasteiger partial charge is 0.345 e. The topological polar surface area (TPSA) is 68.0 Å². The molecule has 0 radical (unpaired) electrons. The third-order valence-corrected chi connectivity index (χ3v) is 4.20. The summed E-state index contributed by atoms with van der Waals surface area (Å²) in [5.41, 5.74) is 0.302. The first-order chi connectivity index (χ1) is 10.6. The SMILES string of the molecule is O=C(NCc1noc(-c2cccs2)n1)c1cc(Cl)ccc1Cl. The molecule has 22 heavy (non-hydrogen) atoms. The van der Waals surface area contributed by atoms with Gasteiger partial charge in [0.1, 0.15) is 0 Å². The fraction of sp³-hybridized carbons (Fsp3) is 0.0714. The number of carbonyl (C=O) groups excluding carboxylic acids is 1. The van der Waals surface area contributed by atoms with Gasteiger partial charge in [-0.05, 0) is 29.6 Å². The minimum Gasteiger partial charge on any atom is -0.345 e. The fourth-order valence-electron chi connectivity index (χ4n) is 1.75. The second-order valence-corrected chi connectivity index (χ2v) is 6.09. The van der Waals surface area contributed by atoms with Crippen molar-refractivity contribution >= 4 is 40.4 Å². The lowest BCUT2D eigenvalue weighted by Gasteiger charge is -2.05. The summed E-state index contributed by atoms with van der Waals surface area (Å²) in [6, 6.07) is 8.47. The van der Waals surface area contributed by atoms with Crippen LogP contribution in [-0.2, 0) is 6.54 Å². The van der Waals surface area contributed by atoms with Crippen molar-refractivity contribution in [3.63, 3.8) is 0 Å². The Balaban J connectivity index is 1.67. The van der Waals surface area contributed by atoms with Crippen LogP contribution in [0.1, 0.15) is 16.2 Å². The number of carbonyl (C=O) groups is 1. The van der Waals surface area contributed by atoms with Crippen LogP contribution >= 0.6 is 34.5 Å². The summed E-state index contributed by atoms with van der Waals surface area (Å²) in [6.07, 6.45) is 0. The molecule has 0 atom stereocenters. The Hall–Kier alpha value is -1.89. The first-order valence-corrected chi connectivity index (χ1v) is 7.87. The summed E-state index contributed by atoms with van der Waals surface area (Å²) in [4.78, 5) is 17.2. The first-order valence-electron chi connectivity index (χ1n) is 6.23. The number of aromatic nitrogens is 2. The number of benzene rings is 1. The van der Waals surface area contributed by atoms with Crippen molar-refractivity contribution in [3.05, 3.63) is 57.1 Å². The molecule has 0 fully saturated rings. The molecule has 8 heteroatoms. The van der Waals surface area contributed by atoms with E-state index in [4.69, 9.17) is 27.7 Å². The van der Waals surface area contributed by atoms with Gasteiger partial charge in [0.15, 0.2) is 5.82 Å². The van der Waals surface area contributed by atoms with E-state index in [9.17, 15) is 4.79 Å². The average Bonchev–Trinajstić information content (AvgIpc) is 3.17. The maximum Gasteiger partial charge on any atom is 0.268 e. The van der Waals surface area contributed by atoms with Crippen molar-refractivity contribution in [2.24, 2.45) is 0 Å². The molecule has 2 aromatic heterocycles. The van der Waals surface area contributed by atoms with Crippen LogP contribution in [0.4, 0.5) is 0 Å². The third-order valence-electron chi connectivity index (χ3n) is 2.78. The summed E-state index contributed by atoms with van der Waals surface area (Å²) >= 11 is 13.3. The van der Waals surface area contributed by atoms with Gasteiger partial charge in [-0.1, -0.05) is 34.4 Å². The number of rotatable bonds is 4. The average molecular weight is 354 g/mol. The lowest BCUT2D eigenvalue weighted by atomic mass is 10.2. The van der Waals surface area contributed by atoms with Gasteiger partial charge in [-0.25, -0.2) is 0 Å². The van der Waals surface area contributed by atoms with Crippen LogP contribution in [0.5, 0.6) is 0 Å². The quantitative estimate of drug-likeness (QED) is 0.768. The van der Waals surface area contributed by atoms with Crippen LogP contribution in [0.3, 0.4) is 0 Å². The molecule has 0 saturated heterocycles. The molecule has 3 aromatic rings. The Morgan fingerprint density at radius 1 is 1.32 bits per heavy atom. The molecule has 0 saturated carbocycles. The van der Waals surface area contributed by atoms with Crippen LogP contribution < -0.4 is 5.32 Å². The molecular weight excluding hydrogens is 345 g/mol. The maximum absolute atomic E-state index is 12.1. The molecule has 0 bridgehead atoms. The van der Waals surface area contributed by atoms with Gasteiger partial charge in [-0.15, -0.1) is 11.3 Å². The Morgan fingerprint density at radius 3 is 2.95 bits per heavy atom. The summed E-state index contributed by atoms with van der Waals surface area (Å²) in [7, 11) is 0. The highest BCUT2D eigenvalue weighted by atomic mass is 35.5. The second-order valence-electron chi connectivity index (χ2n) is 4.30. The predicted octanol–water partition coefficient (Wildman–Crippen LogP) is 4.03. The predicted molar refractivity (Wildman–Crippen MR) is 85.2 cm³/mol. The molecule has 2 heterocycles. The number of halogens is 2. The summed E-state index contributed by atoms with van der Waals surface area (Å²) in [6.45, 7) is 0.135. The van der Waals surface area contributed by atoms with Gasteiger partial charge >= 0.3 is 0 Å². The lowest BCUT2D eigenvalue weighted by Crippen LogP contribution is -2.23. The summed E-state index contributed by atoms with van der Waals surface area (Å²) in [5.74, 6) is 0.463. The summed E-state index contributed by atoms with van der Waals surface area (Å²) in [5, 5.41) is 9.19. The number of nitrogens with one attached hydrogen (secondary N) is 1. The normalized spacial score (nSPS) is 10.6. The Bertz CT molecular complexity index is 802. The molecule has 0 aliphatic rings. The van der Waals surface area contributed by atoms with E-state index < -0.39 is 0 Å². The minimum absolute atomic E-state index is 0.135. The number of hydrogen-bond donors (Lipinski definition) is 1. The summed E-state index contributed by atoms with van der Waals surface area (Å²) < 4.78 is 5.14. The van der Waals surface area contributed by atoms with Gasteiger partial charge in [-0.2, -0.15) is 4.98 Å². The van der Waals surface area contributed by atoms with Crippen LogP contribution in [0.2, 0.25) is 10.0 Å². The zero-order valence-corrected chi connectivity index (χ0v) is 13.4. The molecule has 0 aliphatic carbocycles. The Morgan fingerprint density at radius 2 is 2.18 bits per heavy atom. The van der Waals surface area contributed by atoms with E-state index in [0.717, 1.165) is 4.88 Å². The van der Waals surface area contributed by atoms with E-state index in [0.29, 0.717) is 27.3 Å². The number of nitrogens with zero attached hydrogens (tertiary/aromatic N) is 2. The molecule has 1 amide bonds. The molecule has 1 N–H and O–H groups in total. The molecule has 3 rings (SSSR count). The van der Waals surface area contributed by atoms with E-state index in [1.807, 2.05) is 17.5 Å². The van der Waals surface area contributed by atoms with E-state index in [2.05, 4.69) is 15.5 Å². The minimum atomic E-state index is -0.352. The van der Waals surface area contributed by atoms with Crippen LogP contribution in [0.25, 0.3) is 10.8 Å². The Kier molecular flexibility index (Phi) is 4.42. The highest BCUT2D eigenvalue weighted by molar-refractivity contribution is 7.13. The van der Waals surface area contributed by atoms with Gasteiger partial charge in [0, 0.05) is 5.02 Å². The fourth-order valence-corrected chi connectivity index (χ4v) is 2.77. The van der Waals surface area contributed by atoms with Gasteiger partial charge in [0.25, 0.3) is 11.8 Å². The maximum atomic E-state index is 12.1. The molecule has 1 aromatic carbocycles. The van der Waals surface area contributed by atoms with Gasteiger partial charge in [-0.3, -0.25) is 4.79 Å². The molecule has 0 spiro atoms. The van der Waals surface area contributed by atoms with Crippen LogP contribution in [0, 0.1) is 0 Å². The molecule has 0 unspecified atom stereocenters. The monoisotopic (exact) mass is 353 g/mol. The lowest BCUT2D eigenvalue weighted by molar-refractivity contribution is 0.0950. The van der Waals surface area contributed by atoms with E-state index >= 15 is 0 Å². The van der Waals surface area contributed by atoms with Crippen LogP contribution in [0.15, 0.2) is 40.2 Å². The van der Waals surface area contributed by atoms with Gasteiger partial charge in [0.2, 0.25) is 0 Å². The highest BCUT2D eigenvalue weighted by Gasteiger charge is 2.13. The van der Waals surface area contributed by atoms with Gasteiger partial charge < -0.3 is 9.84 Å². The highest BCUT2D eigenvalue weighted by Crippen LogP contribution is 2.23. The molecule has 0 aliphatic heterocycles. The van der Waals surface area contributed by atoms with Crippen molar-refractivity contribution in [2.75, 3.05) is 0 Å². The van der Waals surface area contributed by atoms with Gasteiger partial charge in [0.05, 0.1) is 22.0 Å². The zero-order chi connectivity index (χ0) is 15.5. The van der Waals surface area contributed by atoms with E-state index in [1.165, 1.54) is 17.4 Å². The Labute approximate surface area is 139 Å². The molecule has 5 nitrogen and oxygen atoms in total. The molecule has 112 valence electrons. The standard InChI is InChI=1S/C14H9Cl2N3O2S/c15-8-3-4-10(16)9(6-8)13(20)17-7-12-18-14(21-19-12)11-2-1-5-22-11/h1-6H,7H2,(H,17,20). The molecular formula is C14H9Cl2N3O2S.